The first-order valence-electron chi connectivity index (χ1n) is 4.59. The summed E-state index contributed by atoms with van der Waals surface area (Å²) in [4.78, 5) is 5.85. The maximum atomic E-state index is 12.2. The lowest BCUT2D eigenvalue weighted by atomic mass is 10.4. The van der Waals surface area contributed by atoms with Crippen LogP contribution in [0.3, 0.4) is 0 Å². The van der Waals surface area contributed by atoms with Crippen LogP contribution in [0, 0.1) is 6.92 Å². The van der Waals surface area contributed by atoms with Crippen molar-refractivity contribution in [2.45, 2.75) is 19.9 Å². The number of thiazole rings is 1. The molecule has 0 aliphatic carbocycles. The maximum Gasteiger partial charge on any atom is 0.251 e. The van der Waals surface area contributed by atoms with E-state index in [0.717, 1.165) is 10.7 Å². The first-order chi connectivity index (χ1) is 7.11. The van der Waals surface area contributed by atoms with Gasteiger partial charge in [-0.15, -0.1) is 22.9 Å². The Morgan fingerprint density at radius 2 is 2.33 bits per heavy atom. The zero-order valence-electron chi connectivity index (χ0n) is 8.42. The summed E-state index contributed by atoms with van der Waals surface area (Å²) in [7, 11) is 0. The molecule has 0 fully saturated rings. The second-order valence-corrected chi connectivity index (χ2v) is 4.52. The number of hydrogen-bond donors (Lipinski definition) is 0. The van der Waals surface area contributed by atoms with E-state index >= 15 is 0 Å². The molecule has 1 rings (SSSR count). The highest BCUT2D eigenvalue weighted by atomic mass is 35.5. The molecule has 0 saturated carbocycles. The van der Waals surface area contributed by atoms with Crippen molar-refractivity contribution in [3.05, 3.63) is 16.1 Å². The minimum Gasteiger partial charge on any atom is -0.290 e. The summed E-state index contributed by atoms with van der Waals surface area (Å²) in [6.45, 7) is 2.56. The topological polar surface area (TPSA) is 16.1 Å². The Bertz CT molecular complexity index is 293. The molecule has 0 spiro atoms. The van der Waals surface area contributed by atoms with Gasteiger partial charge in [-0.05, 0) is 6.92 Å². The molecule has 0 aliphatic rings. The number of alkyl halides is 3. The van der Waals surface area contributed by atoms with Gasteiger partial charge in [0, 0.05) is 23.5 Å². The molecule has 1 heterocycles. The quantitative estimate of drug-likeness (QED) is 0.726. The van der Waals surface area contributed by atoms with Crippen molar-refractivity contribution in [3.63, 3.8) is 0 Å². The van der Waals surface area contributed by atoms with E-state index < -0.39 is 6.43 Å². The Kier molecular flexibility index (Phi) is 5.42. The van der Waals surface area contributed by atoms with Gasteiger partial charge in [-0.1, -0.05) is 0 Å². The van der Waals surface area contributed by atoms with Crippen molar-refractivity contribution in [1.29, 1.82) is 0 Å². The Labute approximate surface area is 96.9 Å². The van der Waals surface area contributed by atoms with Crippen molar-refractivity contribution in [2.24, 2.45) is 0 Å². The molecule has 0 bridgehead atoms. The Hall–Kier alpha value is -0.260. The van der Waals surface area contributed by atoms with Gasteiger partial charge in [-0.2, -0.15) is 0 Å². The van der Waals surface area contributed by atoms with Gasteiger partial charge in [0.1, 0.15) is 5.01 Å². The number of aromatic nitrogens is 1. The van der Waals surface area contributed by atoms with Crippen LogP contribution < -0.4 is 0 Å². The number of rotatable bonds is 6. The molecule has 0 N–H and O–H groups in total. The number of halogens is 3. The average Bonchev–Trinajstić information content (AvgIpc) is 2.50. The highest BCUT2D eigenvalue weighted by Crippen LogP contribution is 2.12. The molecule has 0 saturated heterocycles. The van der Waals surface area contributed by atoms with E-state index in [1.165, 1.54) is 11.3 Å². The van der Waals surface area contributed by atoms with Crippen molar-refractivity contribution in [3.8, 4) is 0 Å². The molecule has 2 nitrogen and oxygen atoms in total. The van der Waals surface area contributed by atoms with Crippen LogP contribution >= 0.6 is 22.9 Å². The molecule has 1 aromatic rings. The lowest BCUT2D eigenvalue weighted by molar-refractivity contribution is 0.0878. The molecule has 6 heteroatoms. The summed E-state index contributed by atoms with van der Waals surface area (Å²) in [6.07, 6.45) is -2.32. The van der Waals surface area contributed by atoms with Gasteiger partial charge in [0.2, 0.25) is 0 Å². The summed E-state index contributed by atoms with van der Waals surface area (Å²) in [5.41, 5.74) is 0.929. The van der Waals surface area contributed by atoms with Gasteiger partial charge in [0.25, 0.3) is 6.43 Å². The smallest absolute Gasteiger partial charge is 0.251 e. The van der Waals surface area contributed by atoms with Gasteiger partial charge >= 0.3 is 0 Å². The summed E-state index contributed by atoms with van der Waals surface area (Å²) in [5.74, 6) is 0.358. The standard InChI is InChI=1S/C9H13ClF2N2S/c1-7-6-15-9(13-7)5-14(3-2-10)4-8(11)12/h6,8H,2-5H2,1H3. The van der Waals surface area contributed by atoms with E-state index in [1.54, 1.807) is 4.90 Å². The maximum absolute atomic E-state index is 12.2. The Morgan fingerprint density at radius 3 is 2.80 bits per heavy atom. The van der Waals surface area contributed by atoms with Crippen molar-refractivity contribution >= 4 is 22.9 Å². The SMILES string of the molecule is Cc1csc(CN(CCCl)CC(F)F)n1. The summed E-state index contributed by atoms with van der Waals surface area (Å²) >= 11 is 7.04. The van der Waals surface area contributed by atoms with Crippen molar-refractivity contribution in [2.75, 3.05) is 19.0 Å². The van der Waals surface area contributed by atoms with Crippen molar-refractivity contribution < 1.29 is 8.78 Å². The molecule has 15 heavy (non-hydrogen) atoms. The molecule has 0 aromatic carbocycles. The van der Waals surface area contributed by atoms with E-state index in [-0.39, 0.29) is 6.54 Å². The monoisotopic (exact) mass is 254 g/mol. The van der Waals surface area contributed by atoms with Crippen LogP contribution in [0.2, 0.25) is 0 Å². The molecule has 0 atom stereocenters. The molecule has 0 unspecified atom stereocenters. The third-order valence-electron chi connectivity index (χ3n) is 1.82. The van der Waals surface area contributed by atoms with Gasteiger partial charge < -0.3 is 0 Å². The summed E-state index contributed by atoms with van der Waals surface area (Å²) in [5, 5.41) is 2.77. The van der Waals surface area contributed by atoms with E-state index in [1.807, 2.05) is 12.3 Å². The van der Waals surface area contributed by atoms with Crippen LogP contribution in [0.5, 0.6) is 0 Å². The fourth-order valence-electron chi connectivity index (χ4n) is 1.22. The van der Waals surface area contributed by atoms with E-state index in [0.29, 0.717) is 19.0 Å². The van der Waals surface area contributed by atoms with Gasteiger partial charge in [0.15, 0.2) is 0 Å². The highest BCUT2D eigenvalue weighted by Gasteiger charge is 2.13. The minimum absolute atomic E-state index is 0.245. The second-order valence-electron chi connectivity index (χ2n) is 3.20. The van der Waals surface area contributed by atoms with E-state index in [9.17, 15) is 8.78 Å². The fourth-order valence-corrected chi connectivity index (χ4v) is 2.27. The zero-order valence-corrected chi connectivity index (χ0v) is 9.99. The fraction of sp³-hybridized carbons (Fsp3) is 0.667. The largest absolute Gasteiger partial charge is 0.290 e. The normalized spacial score (nSPS) is 11.6. The predicted octanol–water partition coefficient (Wildman–Crippen LogP) is 2.76. The highest BCUT2D eigenvalue weighted by molar-refractivity contribution is 7.09. The van der Waals surface area contributed by atoms with Gasteiger partial charge in [0.05, 0.1) is 13.1 Å². The van der Waals surface area contributed by atoms with Crippen LogP contribution in [0.25, 0.3) is 0 Å². The van der Waals surface area contributed by atoms with E-state index in [2.05, 4.69) is 4.98 Å². The number of nitrogens with zero attached hydrogens (tertiary/aromatic N) is 2. The summed E-state index contributed by atoms with van der Waals surface area (Å²) in [6, 6.07) is 0. The van der Waals surface area contributed by atoms with Gasteiger partial charge in [-0.25, -0.2) is 13.8 Å². The second kappa shape index (κ2) is 6.35. The number of aryl methyl sites for hydroxylation is 1. The average molecular weight is 255 g/mol. The Balaban J connectivity index is 2.50. The first-order valence-corrected chi connectivity index (χ1v) is 6.00. The van der Waals surface area contributed by atoms with Gasteiger partial charge in [-0.3, -0.25) is 4.90 Å². The van der Waals surface area contributed by atoms with Crippen LogP contribution in [-0.2, 0) is 6.54 Å². The van der Waals surface area contributed by atoms with Crippen LogP contribution in [0.15, 0.2) is 5.38 Å². The van der Waals surface area contributed by atoms with Crippen LogP contribution in [0.1, 0.15) is 10.7 Å². The van der Waals surface area contributed by atoms with Crippen LogP contribution in [-0.4, -0.2) is 35.3 Å². The van der Waals surface area contributed by atoms with E-state index in [4.69, 9.17) is 11.6 Å². The zero-order chi connectivity index (χ0) is 11.3. The lowest BCUT2D eigenvalue weighted by Gasteiger charge is -2.18. The molecular weight excluding hydrogens is 242 g/mol. The van der Waals surface area contributed by atoms with Crippen LogP contribution in [0.4, 0.5) is 8.78 Å². The van der Waals surface area contributed by atoms with Crippen molar-refractivity contribution in [1.82, 2.24) is 9.88 Å². The third kappa shape index (κ3) is 4.86. The summed E-state index contributed by atoms with van der Waals surface area (Å²) < 4.78 is 24.4. The molecule has 0 amide bonds. The molecule has 86 valence electrons. The Morgan fingerprint density at radius 1 is 1.60 bits per heavy atom. The third-order valence-corrected chi connectivity index (χ3v) is 2.94. The number of hydrogen-bond acceptors (Lipinski definition) is 3. The molecule has 1 aromatic heterocycles. The molecule has 0 radical (unpaired) electrons. The molecule has 0 aliphatic heterocycles. The predicted molar refractivity (Wildman–Crippen MR) is 58.9 cm³/mol. The lowest BCUT2D eigenvalue weighted by Crippen LogP contribution is -2.30. The first kappa shape index (κ1) is 12.8. The minimum atomic E-state index is -2.32. The molecular formula is C9H13ClF2N2S.